The Bertz CT molecular complexity index is 954. The van der Waals surface area contributed by atoms with Gasteiger partial charge in [0, 0.05) is 6.54 Å². The van der Waals surface area contributed by atoms with Crippen molar-refractivity contribution in [3.63, 3.8) is 0 Å². The van der Waals surface area contributed by atoms with Crippen molar-refractivity contribution < 1.29 is 14.6 Å². The summed E-state index contributed by atoms with van der Waals surface area (Å²) in [6.07, 6.45) is 3.64. The van der Waals surface area contributed by atoms with Crippen molar-refractivity contribution in [1.29, 1.82) is 5.26 Å². The second kappa shape index (κ2) is 9.75. The second-order valence-corrected chi connectivity index (χ2v) is 6.86. The van der Waals surface area contributed by atoms with E-state index in [1.54, 1.807) is 12.1 Å². The van der Waals surface area contributed by atoms with E-state index in [9.17, 15) is 20.0 Å². The number of aromatic nitrogens is 1. The van der Waals surface area contributed by atoms with Crippen LogP contribution in [0.15, 0.2) is 29.1 Å². The minimum Gasteiger partial charge on any atom is -0.494 e. The fraction of sp³-hybridized carbons (Fsp3) is 0.409. The predicted octanol–water partition coefficient (Wildman–Crippen LogP) is 3.88. The number of aryl methyl sites for hydroxylation is 1. The van der Waals surface area contributed by atoms with E-state index in [1.807, 2.05) is 25.1 Å². The number of carbonyl (C=O) groups is 1. The van der Waals surface area contributed by atoms with Crippen LogP contribution in [0.25, 0.3) is 0 Å². The molecule has 148 valence electrons. The van der Waals surface area contributed by atoms with Crippen molar-refractivity contribution in [1.82, 2.24) is 4.57 Å². The molecule has 1 heterocycles. The van der Waals surface area contributed by atoms with E-state index in [0.29, 0.717) is 12.2 Å². The lowest BCUT2D eigenvalue weighted by atomic mass is 10.0. The summed E-state index contributed by atoms with van der Waals surface area (Å²) in [5.74, 6) is -0.329. The van der Waals surface area contributed by atoms with Crippen LogP contribution < -0.4 is 10.3 Å². The summed E-state index contributed by atoms with van der Waals surface area (Å²) in [7, 11) is 0. The monoisotopic (exact) mass is 382 g/mol. The van der Waals surface area contributed by atoms with Gasteiger partial charge < -0.3 is 9.84 Å². The van der Waals surface area contributed by atoms with Gasteiger partial charge in [0.1, 0.15) is 17.4 Å². The van der Waals surface area contributed by atoms with Crippen LogP contribution in [0.4, 0.5) is 0 Å². The Morgan fingerprint density at radius 2 is 2.00 bits per heavy atom. The molecule has 0 aliphatic carbocycles. The van der Waals surface area contributed by atoms with E-state index in [0.717, 1.165) is 29.4 Å². The number of unbranched alkanes of at least 4 members (excludes halogenated alkanes) is 3. The molecule has 0 radical (unpaired) electrons. The standard InChI is InChI=1S/C22H26N2O4/c1-4-5-6-7-11-24-21(26)18(13-23)16(3)20(22(24)27)19(25)14-28-17-10-8-9-15(2)12-17/h8-10,12,27H,4-7,11,14H2,1-3H3. The molecule has 28 heavy (non-hydrogen) atoms. The zero-order valence-corrected chi connectivity index (χ0v) is 16.6. The van der Waals surface area contributed by atoms with Crippen LogP contribution in [0.2, 0.25) is 0 Å². The first kappa shape index (κ1) is 21.2. The summed E-state index contributed by atoms with van der Waals surface area (Å²) in [4.78, 5) is 25.3. The Morgan fingerprint density at radius 3 is 2.64 bits per heavy atom. The number of hydrogen-bond donors (Lipinski definition) is 1. The van der Waals surface area contributed by atoms with Gasteiger partial charge in [0.25, 0.3) is 5.56 Å². The van der Waals surface area contributed by atoms with Crippen molar-refractivity contribution in [2.24, 2.45) is 0 Å². The zero-order chi connectivity index (χ0) is 20.7. The maximum absolute atomic E-state index is 12.7. The molecule has 2 aromatic rings. The van der Waals surface area contributed by atoms with Crippen LogP contribution in [0.1, 0.15) is 59.7 Å². The van der Waals surface area contributed by atoms with Crippen LogP contribution in [-0.2, 0) is 6.54 Å². The van der Waals surface area contributed by atoms with Crippen molar-refractivity contribution in [3.05, 3.63) is 56.9 Å². The molecule has 6 nitrogen and oxygen atoms in total. The summed E-state index contributed by atoms with van der Waals surface area (Å²) in [5.41, 5.74) is 0.473. The molecular formula is C22H26N2O4. The molecule has 0 unspecified atom stereocenters. The van der Waals surface area contributed by atoms with Gasteiger partial charge in [-0.3, -0.25) is 14.2 Å². The number of Topliss-reactive ketones (excluding diaryl/α,β-unsaturated/α-hetero) is 1. The highest BCUT2D eigenvalue weighted by molar-refractivity contribution is 6.01. The summed E-state index contributed by atoms with van der Waals surface area (Å²) in [5, 5.41) is 20.0. The first-order valence-electron chi connectivity index (χ1n) is 9.49. The van der Waals surface area contributed by atoms with Gasteiger partial charge in [-0.15, -0.1) is 0 Å². The topological polar surface area (TPSA) is 92.3 Å². The van der Waals surface area contributed by atoms with E-state index >= 15 is 0 Å². The Balaban J connectivity index is 2.32. The molecule has 0 amide bonds. The lowest BCUT2D eigenvalue weighted by Gasteiger charge is -2.16. The number of pyridine rings is 1. The van der Waals surface area contributed by atoms with E-state index in [2.05, 4.69) is 6.92 Å². The summed E-state index contributed by atoms with van der Waals surface area (Å²) >= 11 is 0. The maximum Gasteiger partial charge on any atom is 0.271 e. The molecule has 0 spiro atoms. The van der Waals surface area contributed by atoms with E-state index < -0.39 is 17.2 Å². The second-order valence-electron chi connectivity index (χ2n) is 6.86. The number of ether oxygens (including phenoxy) is 1. The van der Waals surface area contributed by atoms with Crippen LogP contribution in [0, 0.1) is 25.2 Å². The fourth-order valence-corrected chi connectivity index (χ4v) is 3.12. The number of hydrogen-bond acceptors (Lipinski definition) is 5. The van der Waals surface area contributed by atoms with Crippen molar-refractivity contribution in [2.45, 2.75) is 53.0 Å². The molecular weight excluding hydrogens is 356 g/mol. The Labute approximate surface area is 165 Å². The summed E-state index contributed by atoms with van der Waals surface area (Å²) < 4.78 is 6.66. The summed E-state index contributed by atoms with van der Waals surface area (Å²) in [6.45, 7) is 5.46. The Hall–Kier alpha value is -3.07. The average molecular weight is 382 g/mol. The lowest BCUT2D eigenvalue weighted by molar-refractivity contribution is 0.0916. The SMILES string of the molecule is CCCCCCn1c(O)c(C(=O)COc2cccc(C)c2)c(C)c(C#N)c1=O. The minimum atomic E-state index is -0.565. The molecule has 0 atom stereocenters. The van der Waals surface area contributed by atoms with Gasteiger partial charge in [0.05, 0.1) is 5.56 Å². The molecule has 1 aromatic heterocycles. The van der Waals surface area contributed by atoms with Gasteiger partial charge in [-0.05, 0) is 43.5 Å². The van der Waals surface area contributed by atoms with E-state index in [-0.39, 0.29) is 29.8 Å². The minimum absolute atomic E-state index is 0.0284. The molecule has 0 bridgehead atoms. The molecule has 1 aromatic carbocycles. The molecule has 2 rings (SSSR count). The van der Waals surface area contributed by atoms with Crippen molar-refractivity contribution in [3.8, 4) is 17.7 Å². The molecule has 1 N–H and O–H groups in total. The molecule has 0 aliphatic rings. The van der Waals surface area contributed by atoms with Crippen molar-refractivity contribution >= 4 is 5.78 Å². The molecule has 6 heteroatoms. The molecule has 0 saturated carbocycles. The lowest BCUT2D eigenvalue weighted by Crippen LogP contribution is -2.27. The number of ketones is 1. The van der Waals surface area contributed by atoms with Gasteiger partial charge in [-0.2, -0.15) is 5.26 Å². The Kier molecular flexibility index (Phi) is 7.39. The van der Waals surface area contributed by atoms with Crippen LogP contribution in [0.5, 0.6) is 11.6 Å². The zero-order valence-electron chi connectivity index (χ0n) is 16.6. The van der Waals surface area contributed by atoms with Gasteiger partial charge >= 0.3 is 0 Å². The highest BCUT2D eigenvalue weighted by Gasteiger charge is 2.24. The molecule has 0 fully saturated rings. The van der Waals surface area contributed by atoms with Crippen molar-refractivity contribution in [2.75, 3.05) is 6.61 Å². The number of nitrogens with zero attached hydrogens (tertiary/aromatic N) is 2. The first-order chi connectivity index (χ1) is 13.4. The smallest absolute Gasteiger partial charge is 0.271 e. The number of aromatic hydroxyl groups is 1. The fourth-order valence-electron chi connectivity index (χ4n) is 3.12. The van der Waals surface area contributed by atoms with E-state index in [4.69, 9.17) is 4.74 Å². The van der Waals surface area contributed by atoms with Gasteiger partial charge in [-0.1, -0.05) is 38.3 Å². The van der Waals surface area contributed by atoms with Gasteiger partial charge in [0.2, 0.25) is 11.7 Å². The van der Waals surface area contributed by atoms with Crippen LogP contribution in [-0.4, -0.2) is 22.1 Å². The molecule has 0 saturated heterocycles. The third-order valence-corrected chi connectivity index (χ3v) is 4.67. The third-order valence-electron chi connectivity index (χ3n) is 4.67. The van der Waals surface area contributed by atoms with E-state index in [1.165, 1.54) is 6.92 Å². The highest BCUT2D eigenvalue weighted by atomic mass is 16.5. The van der Waals surface area contributed by atoms with Gasteiger partial charge in [-0.25, -0.2) is 0 Å². The molecule has 0 aliphatic heterocycles. The number of nitriles is 1. The van der Waals surface area contributed by atoms with Crippen LogP contribution >= 0.6 is 0 Å². The normalized spacial score (nSPS) is 10.5. The summed E-state index contributed by atoms with van der Waals surface area (Å²) in [6, 6.07) is 9.15. The van der Waals surface area contributed by atoms with Gasteiger partial charge in [0.15, 0.2) is 6.61 Å². The average Bonchev–Trinajstić information content (AvgIpc) is 2.66. The number of rotatable bonds is 9. The first-order valence-corrected chi connectivity index (χ1v) is 9.49. The van der Waals surface area contributed by atoms with Crippen LogP contribution in [0.3, 0.4) is 0 Å². The largest absolute Gasteiger partial charge is 0.494 e. The Morgan fingerprint density at radius 1 is 1.25 bits per heavy atom. The maximum atomic E-state index is 12.7. The third kappa shape index (κ3) is 4.80. The predicted molar refractivity (Wildman–Crippen MR) is 107 cm³/mol. The number of benzene rings is 1. The quantitative estimate of drug-likeness (QED) is 0.525. The highest BCUT2D eigenvalue weighted by Crippen LogP contribution is 2.23. The number of carbonyl (C=O) groups excluding carboxylic acids is 1.